The van der Waals surface area contributed by atoms with Crippen LogP contribution >= 0.6 is 0 Å². The summed E-state index contributed by atoms with van der Waals surface area (Å²) >= 11 is 0. The number of anilines is 1. The van der Waals surface area contributed by atoms with Crippen LogP contribution in [0.1, 0.15) is 37.7 Å². The fourth-order valence-electron chi connectivity index (χ4n) is 4.36. The Morgan fingerprint density at radius 2 is 1.68 bits per heavy atom. The van der Waals surface area contributed by atoms with Gasteiger partial charge in [-0.05, 0) is 68.0 Å². The zero-order chi connectivity index (χ0) is 28.3. The molecular formula is C30H26N2O7S. The van der Waals surface area contributed by atoms with E-state index in [1.807, 2.05) is 54.8 Å². The van der Waals surface area contributed by atoms with Crippen molar-refractivity contribution < 1.29 is 32.2 Å². The molecule has 9 nitrogen and oxygen atoms in total. The first-order valence-electron chi connectivity index (χ1n) is 12.4. The van der Waals surface area contributed by atoms with Crippen LogP contribution in [0.3, 0.4) is 0 Å². The summed E-state index contributed by atoms with van der Waals surface area (Å²) in [6.07, 6.45) is 1.48. The second kappa shape index (κ2) is 11.1. The van der Waals surface area contributed by atoms with Crippen molar-refractivity contribution in [1.29, 1.82) is 0 Å². The van der Waals surface area contributed by atoms with E-state index in [4.69, 9.17) is 14.2 Å². The number of hydrogen-bond acceptors (Lipinski definition) is 7. The summed E-state index contributed by atoms with van der Waals surface area (Å²) in [6.45, 7) is 3.43. The smallest absolute Gasteiger partial charge is 0.338 e. The summed E-state index contributed by atoms with van der Waals surface area (Å²) in [7, 11) is -3.75. The summed E-state index contributed by atoms with van der Waals surface area (Å²) in [4.78, 5) is 25.5. The zero-order valence-electron chi connectivity index (χ0n) is 21.8. The normalized spacial score (nSPS) is 12.4. The number of esters is 1. The minimum absolute atomic E-state index is 0.169. The Kier molecular flexibility index (Phi) is 7.43. The average Bonchev–Trinajstić information content (AvgIpc) is 3.54. The molecule has 0 saturated heterocycles. The Morgan fingerprint density at radius 3 is 2.42 bits per heavy atom. The molecule has 0 bridgehead atoms. The molecule has 4 aromatic rings. The van der Waals surface area contributed by atoms with Gasteiger partial charge in [-0.3, -0.25) is 9.52 Å². The Labute approximate surface area is 231 Å². The third kappa shape index (κ3) is 5.92. The van der Waals surface area contributed by atoms with Gasteiger partial charge in [0.05, 0.1) is 11.0 Å². The van der Waals surface area contributed by atoms with Crippen LogP contribution in [-0.2, 0) is 14.8 Å². The molecule has 204 valence electrons. The monoisotopic (exact) mass is 558 g/mol. The quantitative estimate of drug-likeness (QED) is 0.220. The van der Waals surface area contributed by atoms with Crippen LogP contribution in [0, 0.1) is 13.8 Å². The van der Waals surface area contributed by atoms with Crippen molar-refractivity contribution in [3.05, 3.63) is 112 Å². The number of carbonyl (C=O) groups is 2. The Balaban J connectivity index is 1.20. The van der Waals surface area contributed by atoms with E-state index >= 15 is 0 Å². The van der Waals surface area contributed by atoms with E-state index in [1.165, 1.54) is 30.3 Å². The molecular weight excluding hydrogens is 532 g/mol. The van der Waals surface area contributed by atoms with Crippen LogP contribution in [0.2, 0.25) is 0 Å². The number of sulfonamides is 1. The van der Waals surface area contributed by atoms with E-state index in [9.17, 15) is 18.0 Å². The number of nitrogens with zero attached hydrogens (tertiary/aromatic N) is 1. The molecule has 1 aliphatic heterocycles. The van der Waals surface area contributed by atoms with E-state index in [2.05, 4.69) is 4.72 Å². The predicted molar refractivity (Wildman–Crippen MR) is 150 cm³/mol. The number of aryl methyl sites for hydroxylation is 1. The van der Waals surface area contributed by atoms with E-state index in [-0.39, 0.29) is 23.8 Å². The van der Waals surface area contributed by atoms with Crippen molar-refractivity contribution in [3.63, 3.8) is 0 Å². The van der Waals surface area contributed by atoms with Gasteiger partial charge in [0.2, 0.25) is 12.6 Å². The van der Waals surface area contributed by atoms with Crippen molar-refractivity contribution in [3.8, 4) is 17.2 Å². The maximum Gasteiger partial charge on any atom is 0.338 e. The first kappa shape index (κ1) is 26.8. The molecule has 0 aliphatic carbocycles. The van der Waals surface area contributed by atoms with Gasteiger partial charge in [-0.25, -0.2) is 13.2 Å². The maximum absolute atomic E-state index is 12.9. The van der Waals surface area contributed by atoms with Crippen LogP contribution in [-0.4, -0.2) is 38.1 Å². The lowest BCUT2D eigenvalue weighted by molar-refractivity contribution is 0.0474. The van der Waals surface area contributed by atoms with Gasteiger partial charge < -0.3 is 18.8 Å². The zero-order valence-corrected chi connectivity index (χ0v) is 22.6. The third-order valence-corrected chi connectivity index (χ3v) is 7.31. The van der Waals surface area contributed by atoms with Crippen molar-refractivity contribution in [2.24, 2.45) is 0 Å². The SMILES string of the molecule is Cc1cc(C(=O)COC(=O)c2ccc(NS(=O)(=O)C=Cc3ccccc3)cc2)c(C)n1-c1ccc2c(c1)OCO2. The fraction of sp³-hybridized carbons (Fsp3) is 0.133. The largest absolute Gasteiger partial charge is 0.454 e. The lowest BCUT2D eigenvalue weighted by Crippen LogP contribution is -2.15. The molecule has 0 saturated carbocycles. The number of ether oxygens (including phenoxy) is 3. The number of hydrogen-bond donors (Lipinski definition) is 1. The van der Waals surface area contributed by atoms with Crippen molar-refractivity contribution in [2.45, 2.75) is 13.8 Å². The minimum Gasteiger partial charge on any atom is -0.454 e. The molecule has 0 unspecified atom stereocenters. The van der Waals surface area contributed by atoms with Crippen molar-refractivity contribution in [2.75, 3.05) is 18.1 Å². The average molecular weight is 559 g/mol. The van der Waals surface area contributed by atoms with Gasteiger partial charge in [0.1, 0.15) is 0 Å². The molecule has 2 heterocycles. The molecule has 1 N–H and O–H groups in total. The molecule has 0 atom stereocenters. The van der Waals surface area contributed by atoms with Gasteiger partial charge in [-0.15, -0.1) is 0 Å². The number of aromatic nitrogens is 1. The standard InChI is InChI=1S/C30H26N2O7S/c1-20-16-26(21(2)32(20)25-12-13-28-29(17-25)39-19-38-28)27(33)18-37-30(34)23-8-10-24(11-9-23)31-40(35,36)15-14-22-6-4-3-5-7-22/h3-17,31H,18-19H2,1-2H3. The first-order valence-corrected chi connectivity index (χ1v) is 13.9. The molecule has 1 aliphatic rings. The van der Waals surface area contributed by atoms with Crippen LogP contribution in [0.5, 0.6) is 11.5 Å². The summed E-state index contributed by atoms with van der Waals surface area (Å²) in [6, 6.07) is 22.1. The predicted octanol–water partition coefficient (Wildman–Crippen LogP) is 5.28. The van der Waals surface area contributed by atoms with Crippen molar-refractivity contribution in [1.82, 2.24) is 4.57 Å². The number of rotatable bonds is 9. The highest BCUT2D eigenvalue weighted by atomic mass is 32.2. The molecule has 10 heteroatoms. The Hall–Kier alpha value is -4.83. The number of fused-ring (bicyclic) bond motifs is 1. The summed E-state index contributed by atoms with van der Waals surface area (Å²) in [5.74, 6) is 0.258. The highest BCUT2D eigenvalue weighted by molar-refractivity contribution is 7.95. The second-order valence-electron chi connectivity index (χ2n) is 9.09. The summed E-state index contributed by atoms with van der Waals surface area (Å²) in [5.41, 5.74) is 4.01. The van der Waals surface area contributed by atoms with Gasteiger partial charge in [-0.2, -0.15) is 0 Å². The van der Waals surface area contributed by atoms with Gasteiger partial charge in [0, 0.05) is 34.4 Å². The second-order valence-corrected chi connectivity index (χ2v) is 10.7. The van der Waals surface area contributed by atoms with Crippen LogP contribution in [0.15, 0.2) is 84.3 Å². The number of benzene rings is 3. The van der Waals surface area contributed by atoms with Gasteiger partial charge >= 0.3 is 5.97 Å². The summed E-state index contributed by atoms with van der Waals surface area (Å²) in [5, 5.41) is 1.07. The lowest BCUT2D eigenvalue weighted by atomic mass is 10.1. The fourth-order valence-corrected chi connectivity index (χ4v) is 5.23. The van der Waals surface area contributed by atoms with E-state index in [0.29, 0.717) is 22.8 Å². The Morgan fingerprint density at radius 1 is 0.950 bits per heavy atom. The highest BCUT2D eigenvalue weighted by Crippen LogP contribution is 2.35. The number of carbonyl (C=O) groups excluding carboxylic acids is 2. The van der Waals surface area contributed by atoms with Gasteiger partial charge in [-0.1, -0.05) is 30.3 Å². The third-order valence-electron chi connectivity index (χ3n) is 6.30. The molecule has 0 amide bonds. The molecule has 5 rings (SSSR count). The molecule has 0 radical (unpaired) electrons. The maximum atomic E-state index is 12.9. The molecule has 1 aromatic heterocycles. The first-order chi connectivity index (χ1) is 19.2. The van der Waals surface area contributed by atoms with Crippen LogP contribution in [0.4, 0.5) is 5.69 Å². The topological polar surface area (TPSA) is 113 Å². The number of Topliss-reactive ketones (excluding diaryl/α,β-unsaturated/α-hetero) is 1. The Bertz CT molecular complexity index is 1710. The van der Waals surface area contributed by atoms with Crippen molar-refractivity contribution >= 4 is 33.5 Å². The number of ketones is 1. The van der Waals surface area contributed by atoms with Crippen LogP contribution < -0.4 is 14.2 Å². The van der Waals surface area contributed by atoms with E-state index < -0.39 is 22.6 Å². The lowest BCUT2D eigenvalue weighted by Gasteiger charge is -2.11. The van der Waals surface area contributed by atoms with E-state index in [0.717, 1.165) is 22.4 Å². The van der Waals surface area contributed by atoms with Gasteiger partial charge in [0.25, 0.3) is 10.0 Å². The van der Waals surface area contributed by atoms with Crippen LogP contribution in [0.25, 0.3) is 11.8 Å². The molecule has 0 fully saturated rings. The molecule has 40 heavy (non-hydrogen) atoms. The number of nitrogens with one attached hydrogen (secondary N) is 1. The minimum atomic E-state index is -3.75. The summed E-state index contributed by atoms with van der Waals surface area (Å²) < 4.78 is 45.2. The van der Waals surface area contributed by atoms with E-state index in [1.54, 1.807) is 18.2 Å². The van der Waals surface area contributed by atoms with Gasteiger partial charge in [0.15, 0.2) is 18.1 Å². The molecule has 0 spiro atoms. The molecule has 3 aromatic carbocycles. The highest BCUT2D eigenvalue weighted by Gasteiger charge is 2.21.